The van der Waals surface area contributed by atoms with E-state index in [0.717, 1.165) is 5.69 Å². The Kier molecular flexibility index (Phi) is 2.88. The van der Waals surface area contributed by atoms with Gasteiger partial charge in [0.2, 0.25) is 5.78 Å². The zero-order valence-corrected chi connectivity index (χ0v) is 9.62. The molecule has 2 aromatic rings. The van der Waals surface area contributed by atoms with Crippen LogP contribution in [0.5, 0.6) is 0 Å². The lowest BCUT2D eigenvalue weighted by Gasteiger charge is -2.03. The van der Waals surface area contributed by atoms with Crippen molar-refractivity contribution in [2.75, 3.05) is 0 Å². The highest BCUT2D eigenvalue weighted by atomic mass is 32.1. The lowest BCUT2D eigenvalue weighted by molar-refractivity contribution is 0.103. The van der Waals surface area contributed by atoms with E-state index in [4.69, 9.17) is 5.26 Å². The average molecular weight is 230 g/mol. The third-order valence-electron chi connectivity index (χ3n) is 2.50. The van der Waals surface area contributed by atoms with E-state index in [9.17, 15) is 4.79 Å². The number of carbonyl (C=O) groups is 1. The molecule has 0 amide bonds. The number of aromatic nitrogens is 1. The number of carbonyl (C=O) groups excluding carboxylic acids is 1. The number of nitriles is 1. The predicted octanol–water partition coefficient (Wildman–Crippen LogP) is 2.38. The van der Waals surface area contributed by atoms with Gasteiger partial charge in [0.1, 0.15) is 0 Å². The highest BCUT2D eigenvalue weighted by molar-refractivity contribution is 7.08. The fraction of sp³-hybridized carbons (Fsp3) is 0.167. The summed E-state index contributed by atoms with van der Waals surface area (Å²) < 4.78 is 1.78. The maximum atomic E-state index is 12.0. The summed E-state index contributed by atoms with van der Waals surface area (Å²) >= 11 is 1.50. The van der Waals surface area contributed by atoms with Crippen LogP contribution in [0.3, 0.4) is 0 Å². The number of ketones is 1. The van der Waals surface area contributed by atoms with Gasteiger partial charge >= 0.3 is 0 Å². The molecule has 0 N–H and O–H groups in total. The molecule has 0 saturated heterocycles. The molecule has 0 radical (unpaired) electrons. The van der Waals surface area contributed by atoms with E-state index >= 15 is 0 Å². The molecule has 0 unspecified atom stereocenters. The van der Waals surface area contributed by atoms with Crippen LogP contribution in [0.1, 0.15) is 21.7 Å². The second-order valence-corrected chi connectivity index (χ2v) is 4.23. The summed E-state index contributed by atoms with van der Waals surface area (Å²) in [6.45, 7) is 0. The summed E-state index contributed by atoms with van der Waals surface area (Å²) in [7, 11) is 1.81. The van der Waals surface area contributed by atoms with Gasteiger partial charge < -0.3 is 4.57 Å². The van der Waals surface area contributed by atoms with E-state index in [1.807, 2.05) is 29.9 Å². The molecule has 0 aromatic carbocycles. The van der Waals surface area contributed by atoms with E-state index in [1.54, 1.807) is 10.6 Å². The Morgan fingerprint density at radius 3 is 2.94 bits per heavy atom. The minimum atomic E-state index is 0.00735. The second-order valence-electron chi connectivity index (χ2n) is 3.44. The van der Waals surface area contributed by atoms with Crippen molar-refractivity contribution in [1.29, 1.82) is 5.26 Å². The van der Waals surface area contributed by atoms with Gasteiger partial charge in [-0.05, 0) is 23.6 Å². The van der Waals surface area contributed by atoms with Crippen molar-refractivity contribution >= 4 is 17.1 Å². The van der Waals surface area contributed by atoms with E-state index in [0.29, 0.717) is 17.7 Å². The lowest BCUT2D eigenvalue weighted by Crippen LogP contribution is -2.08. The molecule has 0 aliphatic carbocycles. The molecule has 2 rings (SSSR count). The van der Waals surface area contributed by atoms with E-state index in [-0.39, 0.29) is 5.78 Å². The molecule has 2 heterocycles. The van der Waals surface area contributed by atoms with Gasteiger partial charge in [-0.15, -0.1) is 0 Å². The first-order chi connectivity index (χ1) is 7.74. The van der Waals surface area contributed by atoms with Gasteiger partial charge in [-0.1, -0.05) is 0 Å². The Morgan fingerprint density at radius 1 is 1.50 bits per heavy atom. The standard InChI is InChI=1S/C12H10N2OS/c1-14-10(4-6-13)2-3-11(14)12(15)9-5-7-16-8-9/h2-3,5,7-8H,4H2,1H3. The molecule has 0 aliphatic heterocycles. The van der Waals surface area contributed by atoms with Crippen LogP contribution in [0.2, 0.25) is 0 Å². The summed E-state index contributed by atoms with van der Waals surface area (Å²) in [6, 6.07) is 7.48. The average Bonchev–Trinajstić information content (AvgIpc) is 2.89. The Labute approximate surface area is 97.6 Å². The zero-order chi connectivity index (χ0) is 11.5. The summed E-state index contributed by atoms with van der Waals surface area (Å²) in [5.74, 6) is 0.00735. The van der Waals surface area contributed by atoms with Crippen molar-refractivity contribution in [3.8, 4) is 6.07 Å². The number of rotatable bonds is 3. The molecule has 0 spiro atoms. The van der Waals surface area contributed by atoms with Gasteiger partial charge in [-0.2, -0.15) is 16.6 Å². The van der Waals surface area contributed by atoms with Gasteiger partial charge in [-0.3, -0.25) is 4.79 Å². The largest absolute Gasteiger partial charge is 0.344 e. The van der Waals surface area contributed by atoms with Gasteiger partial charge in [0.25, 0.3) is 0 Å². The zero-order valence-electron chi connectivity index (χ0n) is 8.80. The highest BCUT2D eigenvalue weighted by Gasteiger charge is 2.14. The van der Waals surface area contributed by atoms with Gasteiger partial charge in [0, 0.05) is 23.7 Å². The number of hydrogen-bond donors (Lipinski definition) is 0. The fourth-order valence-electron chi connectivity index (χ4n) is 1.58. The third kappa shape index (κ3) is 1.77. The van der Waals surface area contributed by atoms with Crippen LogP contribution in [0.25, 0.3) is 0 Å². The van der Waals surface area contributed by atoms with E-state index in [2.05, 4.69) is 6.07 Å². The molecule has 0 bridgehead atoms. The third-order valence-corrected chi connectivity index (χ3v) is 3.19. The van der Waals surface area contributed by atoms with Gasteiger partial charge in [-0.25, -0.2) is 0 Å². The number of nitrogens with zero attached hydrogens (tertiary/aromatic N) is 2. The molecule has 0 fully saturated rings. The van der Waals surface area contributed by atoms with Crippen LogP contribution in [0.4, 0.5) is 0 Å². The Morgan fingerprint density at radius 2 is 2.31 bits per heavy atom. The van der Waals surface area contributed by atoms with Crippen LogP contribution < -0.4 is 0 Å². The molecule has 4 heteroatoms. The first-order valence-corrected chi connectivity index (χ1v) is 5.76. The maximum Gasteiger partial charge on any atom is 0.210 e. The van der Waals surface area contributed by atoms with E-state index < -0.39 is 0 Å². The molecule has 0 aliphatic rings. The van der Waals surface area contributed by atoms with Crippen molar-refractivity contribution in [2.24, 2.45) is 7.05 Å². The maximum absolute atomic E-state index is 12.0. The first-order valence-electron chi connectivity index (χ1n) is 4.82. The van der Waals surface area contributed by atoms with Crippen molar-refractivity contribution in [3.05, 3.63) is 45.9 Å². The molecule has 3 nitrogen and oxygen atoms in total. The SMILES string of the molecule is Cn1c(CC#N)ccc1C(=O)c1ccsc1. The Bertz CT molecular complexity index is 546. The van der Waals surface area contributed by atoms with Crippen molar-refractivity contribution in [1.82, 2.24) is 4.57 Å². The van der Waals surface area contributed by atoms with Crippen LogP contribution in [0.15, 0.2) is 29.0 Å². The lowest BCUT2D eigenvalue weighted by atomic mass is 10.2. The molecule has 80 valence electrons. The molecule has 2 aromatic heterocycles. The summed E-state index contributed by atoms with van der Waals surface area (Å²) in [5.41, 5.74) is 2.19. The number of thiophene rings is 1. The quantitative estimate of drug-likeness (QED) is 0.760. The summed E-state index contributed by atoms with van der Waals surface area (Å²) in [4.78, 5) is 12.0. The molecule has 0 atom stereocenters. The molecule has 0 saturated carbocycles. The summed E-state index contributed by atoms with van der Waals surface area (Å²) in [6.07, 6.45) is 0.327. The number of hydrogen-bond acceptors (Lipinski definition) is 3. The minimum absolute atomic E-state index is 0.00735. The minimum Gasteiger partial charge on any atom is -0.344 e. The molecule has 16 heavy (non-hydrogen) atoms. The molecular formula is C12H10N2OS. The Hall–Kier alpha value is -1.86. The van der Waals surface area contributed by atoms with Crippen molar-refractivity contribution < 1.29 is 4.79 Å². The van der Waals surface area contributed by atoms with Gasteiger partial charge in [0.15, 0.2) is 0 Å². The van der Waals surface area contributed by atoms with Crippen molar-refractivity contribution in [2.45, 2.75) is 6.42 Å². The Balaban J connectivity index is 2.36. The normalized spacial score (nSPS) is 10.0. The van der Waals surface area contributed by atoms with Crippen LogP contribution in [0, 0.1) is 11.3 Å². The van der Waals surface area contributed by atoms with Crippen LogP contribution in [-0.2, 0) is 13.5 Å². The monoisotopic (exact) mass is 230 g/mol. The predicted molar refractivity (Wildman–Crippen MR) is 62.5 cm³/mol. The first kappa shape index (κ1) is 10.7. The smallest absolute Gasteiger partial charge is 0.210 e. The van der Waals surface area contributed by atoms with Crippen LogP contribution in [-0.4, -0.2) is 10.4 Å². The molecular weight excluding hydrogens is 220 g/mol. The highest BCUT2D eigenvalue weighted by Crippen LogP contribution is 2.15. The van der Waals surface area contributed by atoms with E-state index in [1.165, 1.54) is 11.3 Å². The fourth-order valence-corrected chi connectivity index (χ4v) is 2.22. The van der Waals surface area contributed by atoms with Crippen LogP contribution >= 0.6 is 11.3 Å². The van der Waals surface area contributed by atoms with Crippen molar-refractivity contribution in [3.63, 3.8) is 0 Å². The van der Waals surface area contributed by atoms with Gasteiger partial charge in [0.05, 0.1) is 18.2 Å². The topological polar surface area (TPSA) is 45.8 Å². The second kappa shape index (κ2) is 4.33. The summed E-state index contributed by atoms with van der Waals surface area (Å²) in [5, 5.41) is 12.3.